The molecule has 1 atom stereocenters. The van der Waals surface area contributed by atoms with E-state index in [1.165, 1.54) is 33.2 Å². The Morgan fingerprint density at radius 1 is 0.702 bits per heavy atom. The SMILES string of the molecule is CCc1c(N)ccc(C2(C=C(c3c(C)n(CC)c4ccccc34)c3c(C)n(CC)c4ccccc34)OC(=O)c3ccccc32)c1CC. The van der Waals surface area contributed by atoms with E-state index in [1.807, 2.05) is 24.3 Å². The molecule has 5 nitrogen and oxygen atoms in total. The largest absolute Gasteiger partial charge is 0.441 e. The second-order valence-corrected chi connectivity index (χ2v) is 12.5. The average molecular weight is 622 g/mol. The highest BCUT2D eigenvalue weighted by Gasteiger charge is 2.47. The van der Waals surface area contributed by atoms with Crippen LogP contribution in [0.2, 0.25) is 0 Å². The zero-order valence-electron chi connectivity index (χ0n) is 28.3. The number of ether oxygens (including phenoxy) is 1. The molecule has 5 heteroatoms. The number of rotatable bonds is 8. The van der Waals surface area contributed by atoms with Gasteiger partial charge >= 0.3 is 5.97 Å². The lowest BCUT2D eigenvalue weighted by molar-refractivity contribution is 0.0274. The molecule has 3 heterocycles. The van der Waals surface area contributed by atoms with Crippen molar-refractivity contribution in [2.75, 3.05) is 5.73 Å². The number of anilines is 1. The fourth-order valence-corrected chi connectivity index (χ4v) is 8.34. The van der Waals surface area contributed by atoms with Crippen LogP contribution < -0.4 is 5.73 Å². The van der Waals surface area contributed by atoms with Gasteiger partial charge in [-0.1, -0.05) is 74.5 Å². The van der Waals surface area contributed by atoms with Crippen molar-refractivity contribution in [3.63, 3.8) is 0 Å². The molecule has 0 fully saturated rings. The third kappa shape index (κ3) is 4.40. The van der Waals surface area contributed by atoms with Crippen molar-refractivity contribution in [2.45, 2.75) is 73.1 Å². The number of nitrogen functional groups attached to an aromatic ring is 1. The van der Waals surface area contributed by atoms with Gasteiger partial charge in [-0.2, -0.15) is 0 Å². The van der Waals surface area contributed by atoms with Gasteiger partial charge in [0.15, 0.2) is 5.60 Å². The predicted molar refractivity (Wildman–Crippen MR) is 194 cm³/mol. The van der Waals surface area contributed by atoms with Gasteiger partial charge in [-0.25, -0.2) is 4.79 Å². The molecule has 4 aromatic carbocycles. The summed E-state index contributed by atoms with van der Waals surface area (Å²) in [4.78, 5) is 13.9. The molecule has 7 rings (SSSR count). The van der Waals surface area contributed by atoms with Gasteiger partial charge < -0.3 is 19.6 Å². The Labute approximate surface area is 277 Å². The smallest absolute Gasteiger partial charge is 0.340 e. The normalized spacial score (nSPS) is 15.7. The second-order valence-electron chi connectivity index (χ2n) is 12.5. The Morgan fingerprint density at radius 2 is 1.23 bits per heavy atom. The van der Waals surface area contributed by atoms with E-state index in [-0.39, 0.29) is 5.97 Å². The minimum Gasteiger partial charge on any atom is -0.441 e. The molecule has 0 aliphatic carbocycles. The fraction of sp³-hybridized carbons (Fsp3) is 0.262. The molecule has 1 aliphatic rings. The number of hydrogen-bond acceptors (Lipinski definition) is 3. The minimum atomic E-state index is -1.17. The lowest BCUT2D eigenvalue weighted by Gasteiger charge is -2.31. The highest BCUT2D eigenvalue weighted by molar-refractivity contribution is 6.07. The first-order valence-corrected chi connectivity index (χ1v) is 16.9. The van der Waals surface area contributed by atoms with Gasteiger partial charge in [0.1, 0.15) is 0 Å². The highest BCUT2D eigenvalue weighted by atomic mass is 16.6. The molecule has 0 radical (unpaired) electrons. The summed E-state index contributed by atoms with van der Waals surface area (Å²) >= 11 is 0. The second kappa shape index (κ2) is 11.6. The maximum atomic E-state index is 13.9. The first kappa shape index (κ1) is 30.6. The van der Waals surface area contributed by atoms with Crippen molar-refractivity contribution in [2.24, 2.45) is 0 Å². The van der Waals surface area contributed by atoms with Crippen LogP contribution in [0.15, 0.2) is 91.0 Å². The number of benzene rings is 4. The lowest BCUT2D eigenvalue weighted by atomic mass is 9.77. The Kier molecular flexibility index (Phi) is 7.59. The standard InChI is InChI=1S/C42H43N3O2/c1-7-28-29(8-2)36(43)24-23-35(28)42(34-20-14-11-17-30(34)41(46)47-42)25-33(39-26(5)44(9-3)37-21-15-12-18-31(37)39)40-27(6)45(10-4)38-22-16-13-19-32(38)40/h11-25H,7-10,43H2,1-6H3. The summed E-state index contributed by atoms with van der Waals surface area (Å²) in [6.07, 6.45) is 3.82. The van der Waals surface area contributed by atoms with Gasteiger partial charge in [-0.15, -0.1) is 0 Å². The van der Waals surface area contributed by atoms with Gasteiger partial charge in [0.25, 0.3) is 0 Å². The van der Waals surface area contributed by atoms with Crippen LogP contribution in [0.1, 0.15) is 82.8 Å². The maximum Gasteiger partial charge on any atom is 0.340 e. The van der Waals surface area contributed by atoms with Crippen molar-refractivity contribution in [1.82, 2.24) is 9.13 Å². The van der Waals surface area contributed by atoms with E-state index in [0.717, 1.165) is 70.6 Å². The van der Waals surface area contributed by atoms with Crippen molar-refractivity contribution in [3.05, 3.63) is 141 Å². The zero-order valence-corrected chi connectivity index (χ0v) is 28.3. The molecule has 0 saturated heterocycles. The molecule has 0 amide bonds. The molecule has 0 spiro atoms. The predicted octanol–water partition coefficient (Wildman–Crippen LogP) is 9.51. The van der Waals surface area contributed by atoms with E-state index in [1.54, 1.807) is 0 Å². The summed E-state index contributed by atoms with van der Waals surface area (Å²) in [5.41, 5.74) is 19.0. The minimum absolute atomic E-state index is 0.312. The number of cyclic esters (lactones) is 1. The van der Waals surface area contributed by atoms with Gasteiger partial charge in [0.05, 0.1) is 5.56 Å². The number of para-hydroxylation sites is 2. The van der Waals surface area contributed by atoms with Gasteiger partial charge in [0, 0.05) is 74.2 Å². The maximum absolute atomic E-state index is 13.9. The Hall–Kier alpha value is -5.03. The Bertz CT molecular complexity index is 2140. The Morgan fingerprint density at radius 3 is 1.79 bits per heavy atom. The van der Waals surface area contributed by atoms with Gasteiger partial charge in [-0.3, -0.25) is 0 Å². The van der Waals surface area contributed by atoms with Crippen molar-refractivity contribution < 1.29 is 9.53 Å². The van der Waals surface area contributed by atoms with Crippen LogP contribution in [0, 0.1) is 13.8 Å². The fourth-order valence-electron chi connectivity index (χ4n) is 8.34. The molecule has 238 valence electrons. The molecule has 2 aromatic heterocycles. The number of esters is 1. The summed E-state index contributed by atoms with van der Waals surface area (Å²) in [6, 6.07) is 29.3. The summed E-state index contributed by atoms with van der Waals surface area (Å²) in [5, 5.41) is 2.36. The average Bonchev–Trinajstić information content (AvgIpc) is 3.66. The molecule has 0 bridgehead atoms. The lowest BCUT2D eigenvalue weighted by Crippen LogP contribution is -2.28. The van der Waals surface area contributed by atoms with E-state index in [9.17, 15) is 4.79 Å². The summed E-state index contributed by atoms with van der Waals surface area (Å²) in [5.74, 6) is -0.312. The van der Waals surface area contributed by atoms with E-state index in [4.69, 9.17) is 10.5 Å². The number of carbonyl (C=O) groups is 1. The first-order valence-electron chi connectivity index (χ1n) is 16.9. The van der Waals surface area contributed by atoms with Crippen LogP contribution in [0.3, 0.4) is 0 Å². The number of aryl methyl sites for hydroxylation is 2. The van der Waals surface area contributed by atoms with Crippen LogP contribution in [0.25, 0.3) is 27.4 Å². The van der Waals surface area contributed by atoms with Crippen LogP contribution in [-0.2, 0) is 36.3 Å². The molecule has 2 N–H and O–H groups in total. The molecule has 0 saturated carbocycles. The number of aromatic nitrogens is 2. The molecule has 1 aliphatic heterocycles. The van der Waals surface area contributed by atoms with E-state index in [0.29, 0.717) is 5.56 Å². The van der Waals surface area contributed by atoms with Crippen molar-refractivity contribution in [1.29, 1.82) is 0 Å². The third-order valence-corrected chi connectivity index (χ3v) is 10.4. The molecular formula is C42H43N3O2. The first-order chi connectivity index (χ1) is 22.8. The number of nitrogens with two attached hydrogens (primary N) is 1. The summed E-state index contributed by atoms with van der Waals surface area (Å²) < 4.78 is 11.5. The van der Waals surface area contributed by atoms with E-state index < -0.39 is 5.60 Å². The van der Waals surface area contributed by atoms with Crippen LogP contribution >= 0.6 is 0 Å². The van der Waals surface area contributed by atoms with Crippen LogP contribution in [0.5, 0.6) is 0 Å². The van der Waals surface area contributed by atoms with Crippen LogP contribution in [0.4, 0.5) is 5.69 Å². The molecular weight excluding hydrogens is 578 g/mol. The Balaban J connectivity index is 1.71. The molecule has 47 heavy (non-hydrogen) atoms. The highest BCUT2D eigenvalue weighted by Crippen LogP contribution is 2.50. The third-order valence-electron chi connectivity index (χ3n) is 10.4. The van der Waals surface area contributed by atoms with Gasteiger partial charge in [-0.05, 0) is 87.6 Å². The topological polar surface area (TPSA) is 62.2 Å². The van der Waals surface area contributed by atoms with E-state index in [2.05, 4.69) is 117 Å². The number of fused-ring (bicyclic) bond motifs is 3. The number of hydrogen-bond donors (Lipinski definition) is 1. The van der Waals surface area contributed by atoms with Crippen molar-refractivity contribution >= 4 is 39.0 Å². The monoisotopic (exact) mass is 621 g/mol. The van der Waals surface area contributed by atoms with E-state index >= 15 is 0 Å². The van der Waals surface area contributed by atoms with Crippen LogP contribution in [-0.4, -0.2) is 15.1 Å². The van der Waals surface area contributed by atoms with Gasteiger partial charge in [0.2, 0.25) is 0 Å². The van der Waals surface area contributed by atoms with Crippen molar-refractivity contribution in [3.8, 4) is 0 Å². The number of carbonyl (C=O) groups excluding carboxylic acids is 1. The molecule has 6 aromatic rings. The quantitative estimate of drug-likeness (QED) is 0.136. The summed E-state index contributed by atoms with van der Waals surface area (Å²) in [7, 11) is 0. The molecule has 1 unspecified atom stereocenters. The summed E-state index contributed by atoms with van der Waals surface area (Å²) in [6.45, 7) is 14.8. The zero-order chi connectivity index (χ0) is 33.0. The number of nitrogens with zero attached hydrogens (tertiary/aromatic N) is 2.